The van der Waals surface area contributed by atoms with Crippen LogP contribution in [0, 0.1) is 19.3 Å². The summed E-state index contributed by atoms with van der Waals surface area (Å²) in [6, 6.07) is 7.91. The van der Waals surface area contributed by atoms with E-state index in [0.29, 0.717) is 18.1 Å². The second-order valence-electron chi connectivity index (χ2n) is 7.83. The fraction of sp³-hybridized carbons (Fsp3) is 0.409. The number of methoxy groups -OCH3 is 2. The van der Waals surface area contributed by atoms with Crippen LogP contribution in [0.2, 0.25) is 0 Å². The molecular weight excluding hydrogens is 358 g/mol. The lowest BCUT2D eigenvalue weighted by atomic mass is 9.80. The van der Waals surface area contributed by atoms with Crippen molar-refractivity contribution in [2.75, 3.05) is 20.8 Å². The quantitative estimate of drug-likeness (QED) is 0.836. The number of primary amides is 1. The highest BCUT2D eigenvalue weighted by molar-refractivity contribution is 5.76. The second kappa shape index (κ2) is 7.26. The van der Waals surface area contributed by atoms with Crippen LogP contribution in [0.1, 0.15) is 36.6 Å². The molecule has 0 saturated heterocycles. The first-order valence-corrected chi connectivity index (χ1v) is 9.14. The molecule has 0 aliphatic carbocycles. The zero-order chi connectivity index (χ0) is 20.6. The van der Waals surface area contributed by atoms with Crippen LogP contribution in [-0.4, -0.2) is 26.9 Å². The Morgan fingerprint density at radius 1 is 1.11 bits per heavy atom. The molecule has 150 valence electrons. The number of hydrogen-bond donors (Lipinski definition) is 1. The third-order valence-corrected chi connectivity index (χ3v) is 5.13. The van der Waals surface area contributed by atoms with Crippen LogP contribution < -0.4 is 19.9 Å². The van der Waals surface area contributed by atoms with Crippen molar-refractivity contribution >= 4 is 6.09 Å². The summed E-state index contributed by atoms with van der Waals surface area (Å²) in [6.45, 7) is 8.37. The molecule has 0 radical (unpaired) electrons. The molecule has 28 heavy (non-hydrogen) atoms. The predicted molar refractivity (Wildman–Crippen MR) is 107 cm³/mol. The number of ether oxygens (including phenoxy) is 4. The third-order valence-electron chi connectivity index (χ3n) is 5.13. The maximum Gasteiger partial charge on any atom is 0.405 e. The molecule has 0 saturated carbocycles. The van der Waals surface area contributed by atoms with Crippen molar-refractivity contribution in [1.29, 1.82) is 0 Å². The van der Waals surface area contributed by atoms with E-state index in [4.69, 9.17) is 24.7 Å². The maximum absolute atomic E-state index is 11.5. The summed E-state index contributed by atoms with van der Waals surface area (Å²) in [5.74, 6) is 2.20. The van der Waals surface area contributed by atoms with Gasteiger partial charge in [0.2, 0.25) is 0 Å². The summed E-state index contributed by atoms with van der Waals surface area (Å²) in [4.78, 5) is 11.5. The zero-order valence-corrected chi connectivity index (χ0v) is 17.2. The Hall–Kier alpha value is -2.89. The van der Waals surface area contributed by atoms with Gasteiger partial charge < -0.3 is 24.7 Å². The molecule has 0 fully saturated rings. The molecule has 0 bridgehead atoms. The van der Waals surface area contributed by atoms with E-state index in [9.17, 15) is 4.79 Å². The number of nitrogens with two attached hydrogens (primary N) is 1. The molecule has 2 aromatic carbocycles. The Morgan fingerprint density at radius 3 is 2.29 bits per heavy atom. The first-order valence-electron chi connectivity index (χ1n) is 9.14. The summed E-state index contributed by atoms with van der Waals surface area (Å²) < 4.78 is 22.6. The number of carbonyl (C=O) groups excluding carboxylic acids is 1. The van der Waals surface area contributed by atoms with Gasteiger partial charge in [0.15, 0.2) is 0 Å². The van der Waals surface area contributed by atoms with Gasteiger partial charge in [0.05, 0.1) is 20.8 Å². The minimum absolute atomic E-state index is 0.407. The topological polar surface area (TPSA) is 80.0 Å². The number of benzene rings is 2. The smallest absolute Gasteiger partial charge is 0.405 e. The molecule has 0 spiro atoms. The molecule has 3 rings (SSSR count). The Morgan fingerprint density at radius 2 is 1.75 bits per heavy atom. The van der Waals surface area contributed by atoms with E-state index in [1.54, 1.807) is 14.2 Å². The first-order chi connectivity index (χ1) is 13.2. The molecule has 1 heterocycles. The molecule has 6 nitrogen and oxygen atoms in total. The average molecular weight is 385 g/mol. The minimum Gasteiger partial charge on any atom is -0.496 e. The van der Waals surface area contributed by atoms with Crippen molar-refractivity contribution in [2.24, 2.45) is 11.1 Å². The average Bonchev–Trinajstić information content (AvgIpc) is 2.62. The molecule has 0 aromatic heterocycles. The van der Waals surface area contributed by atoms with E-state index in [-0.39, 0.29) is 0 Å². The molecule has 1 amide bonds. The highest BCUT2D eigenvalue weighted by Gasteiger charge is 2.41. The van der Waals surface area contributed by atoms with Crippen LogP contribution in [-0.2, 0) is 4.74 Å². The van der Waals surface area contributed by atoms with Gasteiger partial charge in [-0.3, -0.25) is 0 Å². The highest BCUT2D eigenvalue weighted by Crippen LogP contribution is 2.49. The molecule has 1 atom stereocenters. The molecular formula is C22H27NO5. The Kier molecular flexibility index (Phi) is 5.15. The van der Waals surface area contributed by atoms with Crippen molar-refractivity contribution in [2.45, 2.75) is 33.8 Å². The second-order valence-corrected chi connectivity index (χ2v) is 7.83. The largest absolute Gasteiger partial charge is 0.496 e. The molecule has 1 aliphatic heterocycles. The van der Waals surface area contributed by atoms with Crippen LogP contribution in [0.4, 0.5) is 4.79 Å². The molecule has 6 heteroatoms. The monoisotopic (exact) mass is 385 g/mol. The number of rotatable bonds is 4. The van der Waals surface area contributed by atoms with Crippen LogP contribution in [0.15, 0.2) is 24.3 Å². The summed E-state index contributed by atoms with van der Waals surface area (Å²) in [7, 11) is 3.29. The van der Waals surface area contributed by atoms with Gasteiger partial charge in [-0.2, -0.15) is 0 Å². The molecule has 1 aliphatic rings. The van der Waals surface area contributed by atoms with Crippen LogP contribution in [0.5, 0.6) is 17.2 Å². The van der Waals surface area contributed by atoms with Crippen molar-refractivity contribution in [3.63, 3.8) is 0 Å². The number of fused-ring (bicyclic) bond motifs is 1. The van der Waals surface area contributed by atoms with E-state index in [2.05, 4.69) is 12.1 Å². The normalized spacial score (nSPS) is 17.3. The summed E-state index contributed by atoms with van der Waals surface area (Å²) in [5.41, 5.74) is 9.61. The van der Waals surface area contributed by atoms with Crippen molar-refractivity contribution in [3.8, 4) is 28.4 Å². The van der Waals surface area contributed by atoms with Gasteiger partial charge in [0.25, 0.3) is 0 Å². The van der Waals surface area contributed by atoms with E-state index in [1.807, 2.05) is 39.8 Å². The summed E-state index contributed by atoms with van der Waals surface area (Å²) >= 11 is 0. The van der Waals surface area contributed by atoms with Crippen LogP contribution in [0.25, 0.3) is 11.1 Å². The number of carbonyl (C=O) groups is 1. The van der Waals surface area contributed by atoms with Gasteiger partial charge in [0.1, 0.15) is 23.4 Å². The number of hydrogen-bond acceptors (Lipinski definition) is 5. The van der Waals surface area contributed by atoms with Gasteiger partial charge >= 0.3 is 6.09 Å². The lowest BCUT2D eigenvalue weighted by Gasteiger charge is -2.38. The maximum atomic E-state index is 11.5. The van der Waals surface area contributed by atoms with Crippen molar-refractivity contribution in [3.05, 3.63) is 41.0 Å². The summed E-state index contributed by atoms with van der Waals surface area (Å²) in [6.07, 6.45) is -1.33. The minimum atomic E-state index is -0.810. The SMILES string of the molecule is COc1cc2c(cc1-c1cc(C)c(OC)c(C)c1)OCC(C)(C)C2OC(N)=O. The molecule has 1 unspecified atom stereocenters. The van der Waals surface area contributed by atoms with Gasteiger partial charge in [-0.05, 0) is 54.8 Å². The standard InChI is InChI=1S/C22H27NO5/c1-12-7-14(8-13(2)19(12)26-6)15-9-18-16(10-17(15)25-5)20(28-21(23)24)22(3,4)11-27-18/h7-10,20H,11H2,1-6H3,(H2,23,24). The third kappa shape index (κ3) is 3.46. The van der Waals surface area contributed by atoms with Gasteiger partial charge in [0, 0.05) is 16.5 Å². The van der Waals surface area contributed by atoms with E-state index in [0.717, 1.165) is 33.6 Å². The van der Waals surface area contributed by atoms with Crippen molar-refractivity contribution < 1.29 is 23.7 Å². The number of aryl methyl sites for hydroxylation is 2. The van der Waals surface area contributed by atoms with Crippen LogP contribution >= 0.6 is 0 Å². The zero-order valence-electron chi connectivity index (χ0n) is 17.2. The van der Waals surface area contributed by atoms with Crippen LogP contribution in [0.3, 0.4) is 0 Å². The number of amides is 1. The highest BCUT2D eigenvalue weighted by atomic mass is 16.6. The predicted octanol–water partition coefficient (Wildman–Crippen LogP) is 4.54. The van der Waals surface area contributed by atoms with Gasteiger partial charge in [-0.15, -0.1) is 0 Å². The Labute approximate surface area is 165 Å². The fourth-order valence-corrected chi connectivity index (χ4v) is 3.83. The molecule has 2 N–H and O–H groups in total. The van der Waals surface area contributed by atoms with E-state index >= 15 is 0 Å². The molecule has 2 aromatic rings. The first kappa shape index (κ1) is 19.9. The fourth-order valence-electron chi connectivity index (χ4n) is 3.83. The lowest BCUT2D eigenvalue weighted by molar-refractivity contribution is -0.0177. The van der Waals surface area contributed by atoms with E-state index in [1.165, 1.54) is 0 Å². The van der Waals surface area contributed by atoms with Crippen molar-refractivity contribution in [1.82, 2.24) is 0 Å². The van der Waals surface area contributed by atoms with Gasteiger partial charge in [-0.1, -0.05) is 13.8 Å². The van der Waals surface area contributed by atoms with Gasteiger partial charge in [-0.25, -0.2) is 4.79 Å². The Bertz CT molecular complexity index is 896. The lowest BCUT2D eigenvalue weighted by Crippen LogP contribution is -2.37. The summed E-state index contributed by atoms with van der Waals surface area (Å²) in [5, 5.41) is 0. The Balaban J connectivity index is 2.16. The van der Waals surface area contributed by atoms with E-state index < -0.39 is 17.6 Å².